The molecule has 0 saturated carbocycles. The molecule has 1 aromatic heterocycles. The second kappa shape index (κ2) is 7.25. The van der Waals surface area contributed by atoms with Gasteiger partial charge in [-0.25, -0.2) is 9.59 Å². The maximum absolute atomic E-state index is 12.4. The van der Waals surface area contributed by atoms with Gasteiger partial charge in [0.25, 0.3) is 5.91 Å². The van der Waals surface area contributed by atoms with E-state index in [9.17, 15) is 19.6 Å². The average molecular weight is 376 g/mol. The highest BCUT2D eigenvalue weighted by atomic mass is 16.4. The molecule has 0 aliphatic rings. The molecule has 0 radical (unpaired) electrons. The van der Waals surface area contributed by atoms with Crippen molar-refractivity contribution in [3.05, 3.63) is 69.6 Å². The smallest absolute Gasteiger partial charge is 0.335 e. The number of rotatable bonds is 4. The Kier molecular flexibility index (Phi) is 4.83. The fourth-order valence-corrected chi connectivity index (χ4v) is 2.82. The van der Waals surface area contributed by atoms with Crippen LogP contribution in [-0.4, -0.2) is 26.1 Å². The maximum atomic E-state index is 12.4. The predicted molar refractivity (Wildman–Crippen MR) is 104 cm³/mol. The number of aromatic carboxylic acids is 1. The normalized spacial score (nSPS) is 11.2. The lowest BCUT2D eigenvalue weighted by Crippen LogP contribution is -2.19. The zero-order chi connectivity index (χ0) is 20.4. The monoisotopic (exact) mass is 376 g/mol. The number of anilines is 1. The van der Waals surface area contributed by atoms with E-state index in [0.29, 0.717) is 16.8 Å². The quantitative estimate of drug-likeness (QED) is 0.534. The third-order valence-electron chi connectivity index (χ3n) is 4.36. The second-order valence-corrected chi connectivity index (χ2v) is 6.16. The van der Waals surface area contributed by atoms with E-state index in [2.05, 4.69) is 5.32 Å². The molecule has 140 valence electrons. The summed E-state index contributed by atoms with van der Waals surface area (Å²) in [6.07, 6.45) is 1.43. The molecule has 3 aromatic rings. The maximum Gasteiger partial charge on any atom is 0.335 e. The molecule has 2 N–H and O–H groups in total. The number of carboxylic acids is 1. The first-order chi connectivity index (χ1) is 13.3. The summed E-state index contributed by atoms with van der Waals surface area (Å²) in [7, 11) is 3.32. The van der Waals surface area contributed by atoms with E-state index in [1.165, 1.54) is 39.5 Å². The largest absolute Gasteiger partial charge is 0.478 e. The molecular formula is C20H16N4O4. The molecule has 0 saturated heterocycles. The summed E-state index contributed by atoms with van der Waals surface area (Å²) >= 11 is 0. The lowest BCUT2D eigenvalue weighted by molar-refractivity contribution is -0.112. The summed E-state index contributed by atoms with van der Waals surface area (Å²) in [6.45, 7) is 0. The Balaban J connectivity index is 1.89. The van der Waals surface area contributed by atoms with Gasteiger partial charge in [0.1, 0.15) is 11.6 Å². The summed E-state index contributed by atoms with van der Waals surface area (Å²) in [5.41, 5.74) is 2.20. The van der Waals surface area contributed by atoms with Crippen molar-refractivity contribution in [1.29, 1.82) is 5.26 Å². The van der Waals surface area contributed by atoms with E-state index in [0.717, 1.165) is 5.52 Å². The topological polar surface area (TPSA) is 117 Å². The van der Waals surface area contributed by atoms with E-state index in [4.69, 9.17) is 5.11 Å². The number of nitriles is 1. The van der Waals surface area contributed by atoms with Crippen LogP contribution in [0.25, 0.3) is 17.1 Å². The number of hydrogen-bond acceptors (Lipinski definition) is 4. The van der Waals surface area contributed by atoms with Gasteiger partial charge >= 0.3 is 11.7 Å². The number of nitrogens with one attached hydrogen (secondary N) is 1. The van der Waals surface area contributed by atoms with Crippen molar-refractivity contribution >= 4 is 34.7 Å². The zero-order valence-electron chi connectivity index (χ0n) is 15.1. The number of carbonyl (C=O) groups is 2. The summed E-state index contributed by atoms with van der Waals surface area (Å²) in [5.74, 6) is -1.69. The van der Waals surface area contributed by atoms with Crippen LogP contribution in [0, 0.1) is 11.3 Å². The summed E-state index contributed by atoms with van der Waals surface area (Å²) < 4.78 is 3.00. The summed E-state index contributed by atoms with van der Waals surface area (Å²) in [6, 6.07) is 12.7. The van der Waals surface area contributed by atoms with Gasteiger partial charge in [-0.15, -0.1) is 0 Å². The SMILES string of the molecule is Cn1c(=O)n(C)c2cc(/C=C(\C#N)C(=O)Nc3ccc(C(=O)O)cc3)ccc21. The average Bonchev–Trinajstić information content (AvgIpc) is 2.90. The Hall–Kier alpha value is -4.12. The van der Waals surface area contributed by atoms with Crippen molar-refractivity contribution in [2.45, 2.75) is 0 Å². The second-order valence-electron chi connectivity index (χ2n) is 6.16. The fourth-order valence-electron chi connectivity index (χ4n) is 2.82. The molecule has 28 heavy (non-hydrogen) atoms. The van der Waals surface area contributed by atoms with Gasteiger partial charge < -0.3 is 10.4 Å². The molecule has 0 fully saturated rings. The van der Waals surface area contributed by atoms with Crippen LogP contribution < -0.4 is 11.0 Å². The van der Waals surface area contributed by atoms with Gasteiger partial charge in [0.05, 0.1) is 16.6 Å². The Bertz CT molecular complexity index is 1220. The number of aryl methyl sites for hydroxylation is 2. The number of aromatic nitrogens is 2. The third kappa shape index (κ3) is 3.41. The van der Waals surface area contributed by atoms with E-state index in [1.54, 1.807) is 32.3 Å². The minimum Gasteiger partial charge on any atom is -0.478 e. The van der Waals surface area contributed by atoms with Crippen molar-refractivity contribution in [3.8, 4) is 6.07 Å². The van der Waals surface area contributed by atoms with Gasteiger partial charge in [-0.2, -0.15) is 5.26 Å². The predicted octanol–water partition coefficient (Wildman–Crippen LogP) is 2.12. The van der Waals surface area contributed by atoms with E-state index >= 15 is 0 Å². The van der Waals surface area contributed by atoms with Crippen LogP contribution in [0.15, 0.2) is 52.8 Å². The first-order valence-corrected chi connectivity index (χ1v) is 8.24. The van der Waals surface area contributed by atoms with Crippen molar-refractivity contribution in [2.24, 2.45) is 14.1 Å². The summed E-state index contributed by atoms with van der Waals surface area (Å²) in [5, 5.41) is 20.8. The van der Waals surface area contributed by atoms with Crippen LogP contribution in [0.2, 0.25) is 0 Å². The first-order valence-electron chi connectivity index (χ1n) is 8.24. The Morgan fingerprint density at radius 2 is 1.71 bits per heavy atom. The molecule has 0 aliphatic carbocycles. The number of carboxylic acid groups (broad SMARTS) is 1. The van der Waals surface area contributed by atoms with E-state index in [1.807, 2.05) is 6.07 Å². The molecule has 0 aliphatic heterocycles. The third-order valence-corrected chi connectivity index (χ3v) is 4.36. The van der Waals surface area contributed by atoms with Gasteiger partial charge in [-0.3, -0.25) is 13.9 Å². The minimum absolute atomic E-state index is 0.0934. The van der Waals surface area contributed by atoms with E-state index < -0.39 is 11.9 Å². The Labute approximate surface area is 159 Å². The van der Waals surface area contributed by atoms with Crippen LogP contribution in [0.1, 0.15) is 15.9 Å². The highest BCUT2D eigenvalue weighted by molar-refractivity contribution is 6.10. The van der Waals surface area contributed by atoms with Crippen molar-refractivity contribution in [1.82, 2.24) is 9.13 Å². The van der Waals surface area contributed by atoms with Crippen LogP contribution in [0.4, 0.5) is 5.69 Å². The highest BCUT2D eigenvalue weighted by Gasteiger charge is 2.12. The van der Waals surface area contributed by atoms with Gasteiger partial charge in [-0.05, 0) is 48.0 Å². The number of carbonyl (C=O) groups excluding carboxylic acids is 1. The molecule has 0 unspecified atom stereocenters. The molecular weight excluding hydrogens is 360 g/mol. The molecule has 1 amide bonds. The van der Waals surface area contributed by atoms with Crippen LogP contribution in [-0.2, 0) is 18.9 Å². The number of hydrogen-bond donors (Lipinski definition) is 2. The number of fused-ring (bicyclic) bond motifs is 1. The molecule has 3 rings (SSSR count). The number of nitrogens with zero attached hydrogens (tertiary/aromatic N) is 3. The van der Waals surface area contributed by atoms with Crippen LogP contribution in [0.5, 0.6) is 0 Å². The molecule has 1 heterocycles. The Morgan fingerprint density at radius 3 is 2.32 bits per heavy atom. The molecule has 8 nitrogen and oxygen atoms in total. The first kappa shape index (κ1) is 18.7. The fraction of sp³-hybridized carbons (Fsp3) is 0.100. The number of amides is 1. The number of imidazole rings is 1. The highest BCUT2D eigenvalue weighted by Crippen LogP contribution is 2.17. The minimum atomic E-state index is -1.07. The molecule has 0 spiro atoms. The van der Waals surface area contributed by atoms with Gasteiger partial charge in [0, 0.05) is 19.8 Å². The molecule has 8 heteroatoms. The summed E-state index contributed by atoms with van der Waals surface area (Å²) in [4.78, 5) is 35.3. The molecule has 2 aromatic carbocycles. The van der Waals surface area contributed by atoms with Gasteiger partial charge in [0.15, 0.2) is 0 Å². The van der Waals surface area contributed by atoms with Crippen molar-refractivity contribution in [2.75, 3.05) is 5.32 Å². The lowest BCUT2D eigenvalue weighted by atomic mass is 10.1. The zero-order valence-corrected chi connectivity index (χ0v) is 15.1. The van der Waals surface area contributed by atoms with Crippen LogP contribution in [0.3, 0.4) is 0 Å². The molecule has 0 atom stereocenters. The van der Waals surface area contributed by atoms with Gasteiger partial charge in [-0.1, -0.05) is 6.07 Å². The standard InChI is InChI=1S/C20H16N4O4/c1-23-16-8-3-12(10-17(16)24(2)20(23)28)9-14(11-21)18(25)22-15-6-4-13(5-7-15)19(26)27/h3-10H,1-2H3,(H,22,25)(H,26,27)/b14-9+. The van der Waals surface area contributed by atoms with E-state index in [-0.39, 0.29) is 16.8 Å². The van der Waals surface area contributed by atoms with Gasteiger partial charge in [0.2, 0.25) is 0 Å². The van der Waals surface area contributed by atoms with Crippen molar-refractivity contribution < 1.29 is 14.7 Å². The Morgan fingerprint density at radius 1 is 1.07 bits per heavy atom. The lowest BCUT2D eigenvalue weighted by Gasteiger charge is -2.05. The molecule has 0 bridgehead atoms. The van der Waals surface area contributed by atoms with Crippen LogP contribution >= 0.6 is 0 Å². The van der Waals surface area contributed by atoms with Crippen molar-refractivity contribution in [3.63, 3.8) is 0 Å². The number of benzene rings is 2.